The van der Waals surface area contributed by atoms with Gasteiger partial charge in [-0.25, -0.2) is 0 Å². The number of non-ortho nitro benzene ring substituents is 1. The Bertz CT molecular complexity index is 659. The number of nitrogens with zero attached hydrogens (tertiary/aromatic N) is 2. The van der Waals surface area contributed by atoms with Gasteiger partial charge in [0.15, 0.2) is 5.58 Å². The van der Waals surface area contributed by atoms with Gasteiger partial charge in [0.2, 0.25) is 0 Å². The molecule has 1 aromatic heterocycles. The van der Waals surface area contributed by atoms with Crippen molar-refractivity contribution in [3.05, 3.63) is 28.3 Å². The van der Waals surface area contributed by atoms with Crippen LogP contribution in [0.15, 0.2) is 22.6 Å². The number of rotatable bonds is 5. The predicted molar refractivity (Wildman–Crippen MR) is 80.3 cm³/mol. The molecule has 0 saturated heterocycles. The molecule has 1 aliphatic carbocycles. The highest BCUT2D eigenvalue weighted by Crippen LogP contribution is 2.41. The summed E-state index contributed by atoms with van der Waals surface area (Å²) in [4.78, 5) is 14.6. The maximum atomic E-state index is 10.8. The third kappa shape index (κ3) is 2.70. The van der Waals surface area contributed by atoms with Crippen LogP contribution in [0.3, 0.4) is 0 Å². The van der Waals surface area contributed by atoms with Crippen molar-refractivity contribution in [3.63, 3.8) is 0 Å². The third-order valence-corrected chi connectivity index (χ3v) is 4.61. The van der Waals surface area contributed by atoms with Gasteiger partial charge in [0.05, 0.1) is 4.92 Å². The normalized spacial score (nSPS) is 17.2. The third-order valence-electron chi connectivity index (χ3n) is 4.61. The van der Waals surface area contributed by atoms with Crippen molar-refractivity contribution < 1.29 is 9.34 Å². The van der Waals surface area contributed by atoms with Crippen molar-refractivity contribution in [1.82, 2.24) is 4.98 Å². The highest BCUT2D eigenvalue weighted by atomic mass is 16.6. The Morgan fingerprint density at radius 3 is 2.86 bits per heavy atom. The van der Waals surface area contributed by atoms with Crippen LogP contribution in [0.1, 0.15) is 39.0 Å². The number of anilines is 1. The smallest absolute Gasteiger partial charge is 0.295 e. The molecular weight excluding hydrogens is 270 g/mol. The van der Waals surface area contributed by atoms with Gasteiger partial charge in [-0.15, -0.1) is 0 Å². The number of benzene rings is 1. The summed E-state index contributed by atoms with van der Waals surface area (Å²) in [5.74, 6) is 0. The number of aromatic nitrogens is 1. The summed E-state index contributed by atoms with van der Waals surface area (Å²) in [5.41, 5.74) is 1.46. The molecule has 6 heteroatoms. The average molecular weight is 289 g/mol. The molecule has 21 heavy (non-hydrogen) atoms. The molecule has 112 valence electrons. The van der Waals surface area contributed by atoms with Crippen molar-refractivity contribution in [2.75, 3.05) is 11.9 Å². The molecule has 0 atom stereocenters. The van der Waals surface area contributed by atoms with Crippen molar-refractivity contribution in [2.45, 2.75) is 39.0 Å². The zero-order valence-corrected chi connectivity index (χ0v) is 12.1. The van der Waals surface area contributed by atoms with Crippen LogP contribution < -0.4 is 5.32 Å². The number of hydrogen-bond donors (Lipinski definition) is 1. The topological polar surface area (TPSA) is 81.2 Å². The highest BCUT2D eigenvalue weighted by Gasteiger charge is 2.32. The lowest BCUT2D eigenvalue weighted by Crippen LogP contribution is -2.25. The average Bonchev–Trinajstić information content (AvgIpc) is 3.11. The minimum absolute atomic E-state index is 0.0307. The summed E-state index contributed by atoms with van der Waals surface area (Å²) < 4.78 is 5.61. The number of fused-ring (bicyclic) bond motifs is 1. The Morgan fingerprint density at radius 2 is 2.19 bits per heavy atom. The maximum absolute atomic E-state index is 10.8. The number of hydrogen-bond acceptors (Lipinski definition) is 5. The van der Waals surface area contributed by atoms with Gasteiger partial charge in [-0.05, 0) is 30.7 Å². The molecule has 2 aromatic rings. The lowest BCUT2D eigenvalue weighted by Gasteiger charge is -2.27. The first-order valence-electron chi connectivity index (χ1n) is 7.41. The first-order chi connectivity index (χ1) is 10.1. The van der Waals surface area contributed by atoms with E-state index in [2.05, 4.69) is 17.2 Å². The SMILES string of the molecule is CCC1(CNc2nc3cc([N+](=O)[O-])ccc3o2)CCCC1. The van der Waals surface area contributed by atoms with E-state index < -0.39 is 4.92 Å². The molecule has 3 rings (SSSR count). The van der Waals surface area contributed by atoms with Gasteiger partial charge >= 0.3 is 0 Å². The first-order valence-corrected chi connectivity index (χ1v) is 7.41. The molecule has 1 aliphatic rings. The van der Waals surface area contributed by atoms with Gasteiger partial charge in [-0.1, -0.05) is 19.8 Å². The number of oxazole rings is 1. The molecule has 0 unspecified atom stereocenters. The van der Waals surface area contributed by atoms with E-state index in [0.29, 0.717) is 22.5 Å². The maximum Gasteiger partial charge on any atom is 0.295 e. The van der Waals surface area contributed by atoms with Gasteiger partial charge in [0, 0.05) is 18.7 Å². The predicted octanol–water partition coefficient (Wildman–Crippen LogP) is 4.12. The zero-order valence-electron chi connectivity index (χ0n) is 12.1. The molecule has 0 aliphatic heterocycles. The summed E-state index contributed by atoms with van der Waals surface area (Å²) in [5, 5.41) is 14.0. The van der Waals surface area contributed by atoms with E-state index in [1.54, 1.807) is 6.07 Å². The van der Waals surface area contributed by atoms with Crippen LogP contribution in [0.5, 0.6) is 0 Å². The van der Waals surface area contributed by atoms with Crippen LogP contribution in [-0.4, -0.2) is 16.5 Å². The molecule has 0 bridgehead atoms. The van der Waals surface area contributed by atoms with E-state index in [9.17, 15) is 10.1 Å². The van der Waals surface area contributed by atoms with E-state index in [0.717, 1.165) is 13.0 Å². The second-order valence-corrected chi connectivity index (χ2v) is 5.84. The van der Waals surface area contributed by atoms with E-state index in [-0.39, 0.29) is 5.69 Å². The quantitative estimate of drug-likeness (QED) is 0.661. The minimum Gasteiger partial charge on any atom is -0.424 e. The summed E-state index contributed by atoms with van der Waals surface area (Å²) >= 11 is 0. The molecule has 1 heterocycles. The van der Waals surface area contributed by atoms with Gasteiger partial charge in [-0.3, -0.25) is 10.1 Å². The fourth-order valence-electron chi connectivity index (χ4n) is 3.15. The molecule has 6 nitrogen and oxygen atoms in total. The van der Waals surface area contributed by atoms with Crippen LogP contribution in [-0.2, 0) is 0 Å². The molecule has 0 radical (unpaired) electrons. The van der Waals surface area contributed by atoms with Crippen LogP contribution in [0.4, 0.5) is 11.7 Å². The summed E-state index contributed by atoms with van der Waals surface area (Å²) in [6, 6.07) is 4.92. The first kappa shape index (κ1) is 13.9. The lowest BCUT2D eigenvalue weighted by atomic mass is 9.83. The fourth-order valence-corrected chi connectivity index (χ4v) is 3.15. The Labute approximate surface area is 122 Å². The van der Waals surface area contributed by atoms with E-state index in [1.165, 1.54) is 37.8 Å². The Kier molecular flexibility index (Phi) is 3.53. The largest absolute Gasteiger partial charge is 0.424 e. The number of nitrogens with one attached hydrogen (secondary N) is 1. The van der Waals surface area contributed by atoms with E-state index in [4.69, 9.17) is 4.42 Å². The van der Waals surface area contributed by atoms with Crippen molar-refractivity contribution >= 4 is 22.8 Å². The van der Waals surface area contributed by atoms with E-state index >= 15 is 0 Å². The molecule has 1 aromatic carbocycles. The second-order valence-electron chi connectivity index (χ2n) is 5.84. The molecule has 1 saturated carbocycles. The van der Waals surface area contributed by atoms with Gasteiger partial charge in [0.25, 0.3) is 11.7 Å². The molecule has 1 fully saturated rings. The van der Waals surface area contributed by atoms with Gasteiger partial charge < -0.3 is 9.73 Å². The van der Waals surface area contributed by atoms with Crippen LogP contribution in [0.2, 0.25) is 0 Å². The lowest BCUT2D eigenvalue weighted by molar-refractivity contribution is -0.384. The molecular formula is C15H19N3O3. The number of nitro benzene ring substituents is 1. The minimum atomic E-state index is -0.425. The summed E-state index contributed by atoms with van der Waals surface area (Å²) in [7, 11) is 0. The zero-order chi connectivity index (χ0) is 14.9. The standard InChI is InChI=1S/C15H19N3O3/c1-2-15(7-3-4-8-15)10-16-14-17-12-9-11(18(19)20)5-6-13(12)21-14/h5-6,9H,2-4,7-8,10H2,1H3,(H,16,17). The van der Waals surface area contributed by atoms with Crippen molar-refractivity contribution in [1.29, 1.82) is 0 Å². The summed E-state index contributed by atoms with van der Waals surface area (Å²) in [6.07, 6.45) is 6.20. The van der Waals surface area contributed by atoms with Crippen molar-refractivity contribution in [2.24, 2.45) is 5.41 Å². The molecule has 1 N–H and O–H groups in total. The van der Waals surface area contributed by atoms with Crippen LogP contribution in [0, 0.1) is 15.5 Å². The molecule has 0 spiro atoms. The van der Waals surface area contributed by atoms with Crippen LogP contribution in [0.25, 0.3) is 11.1 Å². The van der Waals surface area contributed by atoms with Crippen molar-refractivity contribution in [3.8, 4) is 0 Å². The van der Waals surface area contributed by atoms with Gasteiger partial charge in [-0.2, -0.15) is 4.98 Å². The monoisotopic (exact) mass is 289 g/mol. The van der Waals surface area contributed by atoms with Crippen LogP contribution >= 0.6 is 0 Å². The Balaban J connectivity index is 1.77. The number of nitro groups is 1. The van der Waals surface area contributed by atoms with E-state index in [1.807, 2.05) is 0 Å². The Hall–Kier alpha value is -2.11. The summed E-state index contributed by atoms with van der Waals surface area (Å²) in [6.45, 7) is 3.07. The van der Waals surface area contributed by atoms with Gasteiger partial charge in [0.1, 0.15) is 5.52 Å². The fraction of sp³-hybridized carbons (Fsp3) is 0.533. The Morgan fingerprint density at radius 1 is 1.43 bits per heavy atom. The molecule has 0 amide bonds. The second kappa shape index (κ2) is 5.35. The highest BCUT2D eigenvalue weighted by molar-refractivity contribution is 5.77.